The monoisotopic (exact) mass is 247 g/mol. The molecular formula is C13H17N3O2. The number of rotatable bonds is 6. The molecule has 0 amide bonds. The number of phenols is 1. The first kappa shape index (κ1) is 12.4. The molecule has 0 aliphatic heterocycles. The highest BCUT2D eigenvalue weighted by atomic mass is 16.5. The summed E-state index contributed by atoms with van der Waals surface area (Å²) in [5, 5.41) is 20.0. The van der Waals surface area contributed by atoms with Gasteiger partial charge in [-0.2, -0.15) is 5.10 Å². The molecule has 0 unspecified atom stereocenters. The van der Waals surface area contributed by atoms with Gasteiger partial charge in [-0.25, -0.2) is 0 Å². The highest BCUT2D eigenvalue weighted by Gasteiger charge is 2.07. The minimum absolute atomic E-state index is 0.205. The molecule has 0 saturated carbocycles. The minimum atomic E-state index is 0.205. The Morgan fingerprint density at radius 3 is 2.94 bits per heavy atom. The van der Waals surface area contributed by atoms with Crippen molar-refractivity contribution in [3.05, 3.63) is 41.7 Å². The molecule has 0 bridgehead atoms. The number of benzene rings is 1. The number of ether oxygens (including phenoxy) is 1. The van der Waals surface area contributed by atoms with Crippen molar-refractivity contribution in [2.45, 2.75) is 20.0 Å². The van der Waals surface area contributed by atoms with E-state index >= 15 is 0 Å². The van der Waals surface area contributed by atoms with Gasteiger partial charge in [-0.05, 0) is 19.1 Å². The number of H-pyrrole nitrogens is 1. The zero-order valence-electron chi connectivity index (χ0n) is 10.3. The van der Waals surface area contributed by atoms with E-state index in [1.807, 2.05) is 25.1 Å². The van der Waals surface area contributed by atoms with E-state index in [1.54, 1.807) is 12.3 Å². The van der Waals surface area contributed by atoms with Crippen LogP contribution in [-0.4, -0.2) is 21.9 Å². The van der Waals surface area contributed by atoms with Gasteiger partial charge in [-0.1, -0.05) is 12.1 Å². The van der Waals surface area contributed by atoms with Crippen molar-refractivity contribution in [1.29, 1.82) is 0 Å². The smallest absolute Gasteiger partial charge is 0.162 e. The summed E-state index contributed by atoms with van der Waals surface area (Å²) in [7, 11) is 0. The number of aromatic nitrogens is 2. The summed E-state index contributed by atoms with van der Waals surface area (Å²) in [6.07, 6.45) is 1.71. The number of hydrogen-bond acceptors (Lipinski definition) is 4. The van der Waals surface area contributed by atoms with E-state index in [1.165, 1.54) is 0 Å². The predicted octanol–water partition coefficient (Wildman–Crippen LogP) is 1.80. The van der Waals surface area contributed by atoms with Crippen LogP contribution in [0.1, 0.15) is 18.2 Å². The zero-order chi connectivity index (χ0) is 12.8. The van der Waals surface area contributed by atoms with Gasteiger partial charge < -0.3 is 15.2 Å². The van der Waals surface area contributed by atoms with Crippen LogP contribution in [0, 0.1) is 0 Å². The molecule has 18 heavy (non-hydrogen) atoms. The highest BCUT2D eigenvalue weighted by molar-refractivity contribution is 5.45. The van der Waals surface area contributed by atoms with Gasteiger partial charge in [0.15, 0.2) is 11.5 Å². The fraction of sp³-hybridized carbons (Fsp3) is 0.308. The van der Waals surface area contributed by atoms with Crippen molar-refractivity contribution in [3.8, 4) is 11.5 Å². The average molecular weight is 247 g/mol. The molecular weight excluding hydrogens is 230 g/mol. The molecule has 96 valence electrons. The molecule has 5 nitrogen and oxygen atoms in total. The topological polar surface area (TPSA) is 70.2 Å². The molecule has 0 aliphatic rings. The lowest BCUT2D eigenvalue weighted by atomic mass is 10.2. The maximum atomic E-state index is 9.99. The molecule has 0 spiro atoms. The van der Waals surface area contributed by atoms with Crippen LogP contribution in [0.3, 0.4) is 0 Å². The summed E-state index contributed by atoms with van der Waals surface area (Å²) < 4.78 is 5.34. The van der Waals surface area contributed by atoms with E-state index < -0.39 is 0 Å². The normalized spacial score (nSPS) is 10.5. The van der Waals surface area contributed by atoms with Crippen LogP contribution < -0.4 is 10.1 Å². The second-order valence-corrected chi connectivity index (χ2v) is 3.88. The summed E-state index contributed by atoms with van der Waals surface area (Å²) in [6, 6.07) is 7.41. The number of para-hydroxylation sites is 1. The minimum Gasteiger partial charge on any atom is -0.504 e. The first-order valence-electron chi connectivity index (χ1n) is 5.94. The number of hydrogen-bond donors (Lipinski definition) is 3. The van der Waals surface area contributed by atoms with Gasteiger partial charge in [-0.3, -0.25) is 5.10 Å². The van der Waals surface area contributed by atoms with Crippen molar-refractivity contribution in [1.82, 2.24) is 15.5 Å². The van der Waals surface area contributed by atoms with Gasteiger partial charge in [0.05, 0.1) is 6.61 Å². The molecule has 1 aromatic carbocycles. The molecule has 1 aromatic heterocycles. The second-order valence-electron chi connectivity index (χ2n) is 3.88. The average Bonchev–Trinajstić information content (AvgIpc) is 2.87. The Labute approximate surface area is 106 Å². The van der Waals surface area contributed by atoms with Crippen molar-refractivity contribution in [3.63, 3.8) is 0 Å². The van der Waals surface area contributed by atoms with Crippen LogP contribution in [0.2, 0.25) is 0 Å². The number of phenolic OH excluding ortho intramolecular Hbond substituents is 1. The molecule has 2 rings (SSSR count). The van der Waals surface area contributed by atoms with Crippen LogP contribution in [0.15, 0.2) is 30.5 Å². The lowest BCUT2D eigenvalue weighted by molar-refractivity contribution is 0.316. The van der Waals surface area contributed by atoms with Crippen molar-refractivity contribution < 1.29 is 9.84 Å². The molecule has 0 radical (unpaired) electrons. The van der Waals surface area contributed by atoms with E-state index in [0.717, 1.165) is 11.3 Å². The number of nitrogens with one attached hydrogen (secondary N) is 2. The van der Waals surface area contributed by atoms with E-state index in [0.29, 0.717) is 25.4 Å². The zero-order valence-corrected chi connectivity index (χ0v) is 10.3. The van der Waals surface area contributed by atoms with Crippen LogP contribution >= 0.6 is 0 Å². The molecule has 0 aliphatic carbocycles. The van der Waals surface area contributed by atoms with Crippen molar-refractivity contribution in [2.24, 2.45) is 0 Å². The summed E-state index contributed by atoms with van der Waals surface area (Å²) >= 11 is 0. The van der Waals surface area contributed by atoms with Crippen LogP contribution in [0.4, 0.5) is 0 Å². The second kappa shape index (κ2) is 6.07. The standard InChI is InChI=1S/C13H17N3O2/c1-2-18-12-5-3-4-10(13(12)17)8-14-9-11-6-7-15-16-11/h3-7,14,17H,2,8-9H2,1H3,(H,15,16). The fourth-order valence-corrected chi connectivity index (χ4v) is 1.70. The molecule has 0 atom stereocenters. The van der Waals surface area contributed by atoms with Crippen LogP contribution in [-0.2, 0) is 13.1 Å². The van der Waals surface area contributed by atoms with Crippen LogP contribution in [0.5, 0.6) is 11.5 Å². The van der Waals surface area contributed by atoms with Crippen molar-refractivity contribution >= 4 is 0 Å². The Balaban J connectivity index is 1.94. The predicted molar refractivity (Wildman–Crippen MR) is 68.4 cm³/mol. The number of nitrogens with zero attached hydrogens (tertiary/aromatic N) is 1. The first-order valence-corrected chi connectivity index (χ1v) is 5.94. The Kier molecular flexibility index (Phi) is 4.20. The number of aromatic hydroxyl groups is 1. The molecule has 2 aromatic rings. The highest BCUT2D eigenvalue weighted by Crippen LogP contribution is 2.29. The van der Waals surface area contributed by atoms with E-state index in [4.69, 9.17) is 4.74 Å². The summed E-state index contributed by atoms with van der Waals surface area (Å²) in [5.74, 6) is 0.731. The van der Waals surface area contributed by atoms with Gasteiger partial charge in [0.1, 0.15) is 0 Å². The third-order valence-corrected chi connectivity index (χ3v) is 2.57. The summed E-state index contributed by atoms with van der Waals surface area (Å²) in [5.41, 5.74) is 1.83. The van der Waals surface area contributed by atoms with Gasteiger partial charge >= 0.3 is 0 Å². The lowest BCUT2D eigenvalue weighted by Gasteiger charge is -2.10. The Hall–Kier alpha value is -2.01. The Morgan fingerprint density at radius 2 is 2.22 bits per heavy atom. The van der Waals surface area contributed by atoms with Gasteiger partial charge in [-0.15, -0.1) is 0 Å². The third-order valence-electron chi connectivity index (χ3n) is 2.57. The lowest BCUT2D eigenvalue weighted by Crippen LogP contribution is -2.13. The maximum absolute atomic E-state index is 9.99. The summed E-state index contributed by atoms with van der Waals surface area (Å²) in [6.45, 7) is 3.69. The summed E-state index contributed by atoms with van der Waals surface area (Å²) in [4.78, 5) is 0. The molecule has 0 fully saturated rings. The fourth-order valence-electron chi connectivity index (χ4n) is 1.70. The van der Waals surface area contributed by atoms with E-state index in [9.17, 15) is 5.11 Å². The number of aromatic amines is 1. The largest absolute Gasteiger partial charge is 0.504 e. The van der Waals surface area contributed by atoms with Crippen molar-refractivity contribution in [2.75, 3.05) is 6.61 Å². The molecule has 5 heteroatoms. The van der Waals surface area contributed by atoms with Crippen LogP contribution in [0.25, 0.3) is 0 Å². The SMILES string of the molecule is CCOc1cccc(CNCc2ccn[nH]2)c1O. The molecule has 3 N–H and O–H groups in total. The first-order chi connectivity index (χ1) is 8.81. The third kappa shape index (κ3) is 3.01. The maximum Gasteiger partial charge on any atom is 0.162 e. The van der Waals surface area contributed by atoms with Gasteiger partial charge in [0, 0.05) is 30.5 Å². The molecule has 1 heterocycles. The molecule has 0 saturated heterocycles. The van der Waals surface area contributed by atoms with Gasteiger partial charge in [0.25, 0.3) is 0 Å². The Morgan fingerprint density at radius 1 is 1.33 bits per heavy atom. The quantitative estimate of drug-likeness (QED) is 0.728. The van der Waals surface area contributed by atoms with E-state index in [-0.39, 0.29) is 5.75 Å². The Bertz CT molecular complexity index is 483. The van der Waals surface area contributed by atoms with E-state index in [2.05, 4.69) is 15.5 Å². The van der Waals surface area contributed by atoms with Gasteiger partial charge in [0.2, 0.25) is 0 Å².